The first-order chi connectivity index (χ1) is 8.00. The summed E-state index contributed by atoms with van der Waals surface area (Å²) >= 11 is 0. The third-order valence-electron chi connectivity index (χ3n) is 2.45. The minimum Gasteiger partial charge on any atom is -0.369 e. The first kappa shape index (κ1) is 13.9. The fraction of sp³-hybridized carbons (Fsp3) is 0.667. The van der Waals surface area contributed by atoms with Gasteiger partial charge in [-0.1, -0.05) is 26.8 Å². The van der Waals surface area contributed by atoms with E-state index in [2.05, 4.69) is 37.4 Å². The van der Waals surface area contributed by atoms with Crippen LogP contribution in [0.15, 0.2) is 25.3 Å². The molecule has 0 amide bonds. The predicted molar refractivity (Wildman–Crippen MR) is 65.5 cm³/mol. The number of nitrogens with zero attached hydrogens (tertiary/aromatic N) is 3. The van der Waals surface area contributed by atoms with Crippen LogP contribution in [0.3, 0.4) is 0 Å². The lowest BCUT2D eigenvalue weighted by atomic mass is 9.87. The molecule has 0 spiro atoms. The quantitative estimate of drug-likeness (QED) is 0.713. The molecule has 1 aromatic heterocycles. The van der Waals surface area contributed by atoms with Gasteiger partial charge in [0.1, 0.15) is 18.8 Å². The van der Waals surface area contributed by atoms with Gasteiger partial charge in [-0.25, -0.2) is 9.67 Å². The van der Waals surface area contributed by atoms with Crippen molar-refractivity contribution in [3.63, 3.8) is 0 Å². The summed E-state index contributed by atoms with van der Waals surface area (Å²) in [6.45, 7) is 10.4. The van der Waals surface area contributed by atoms with Crippen molar-refractivity contribution in [1.29, 1.82) is 0 Å². The normalized spacial score (nSPS) is 15.5. The Hall–Kier alpha value is -1.20. The third-order valence-corrected chi connectivity index (χ3v) is 2.45. The van der Waals surface area contributed by atoms with Gasteiger partial charge in [0, 0.05) is 7.11 Å². The van der Waals surface area contributed by atoms with Crippen LogP contribution in [0.4, 0.5) is 0 Å². The Morgan fingerprint density at radius 3 is 2.59 bits per heavy atom. The molecule has 0 bridgehead atoms. The molecule has 17 heavy (non-hydrogen) atoms. The number of rotatable bonds is 6. The molecule has 96 valence electrons. The zero-order valence-corrected chi connectivity index (χ0v) is 11.0. The van der Waals surface area contributed by atoms with Crippen molar-refractivity contribution in [3.8, 4) is 0 Å². The highest BCUT2D eigenvalue weighted by Crippen LogP contribution is 2.31. The van der Waals surface area contributed by atoms with Gasteiger partial charge >= 0.3 is 0 Å². The van der Waals surface area contributed by atoms with E-state index in [9.17, 15) is 0 Å². The van der Waals surface area contributed by atoms with Crippen molar-refractivity contribution >= 4 is 0 Å². The van der Waals surface area contributed by atoms with E-state index in [0.717, 1.165) is 0 Å². The second kappa shape index (κ2) is 5.93. The second-order valence-electron chi connectivity index (χ2n) is 4.91. The van der Waals surface area contributed by atoms with Crippen LogP contribution in [0, 0.1) is 5.41 Å². The summed E-state index contributed by atoms with van der Waals surface area (Å²) in [7, 11) is 1.64. The Morgan fingerprint density at radius 2 is 2.18 bits per heavy atom. The van der Waals surface area contributed by atoms with Gasteiger partial charge in [0.15, 0.2) is 6.23 Å². The van der Waals surface area contributed by atoms with Gasteiger partial charge in [-0.3, -0.25) is 0 Å². The van der Waals surface area contributed by atoms with Gasteiger partial charge in [-0.15, -0.1) is 6.58 Å². The van der Waals surface area contributed by atoms with Crippen LogP contribution in [0.25, 0.3) is 0 Å². The van der Waals surface area contributed by atoms with E-state index in [4.69, 9.17) is 9.47 Å². The topological polar surface area (TPSA) is 49.2 Å². The highest BCUT2D eigenvalue weighted by molar-refractivity contribution is 4.82. The van der Waals surface area contributed by atoms with Crippen LogP contribution < -0.4 is 0 Å². The van der Waals surface area contributed by atoms with Crippen molar-refractivity contribution in [1.82, 2.24) is 14.8 Å². The first-order valence-electron chi connectivity index (χ1n) is 5.60. The average molecular weight is 239 g/mol. The number of aromatic nitrogens is 3. The zero-order chi connectivity index (χ0) is 12.9. The molecule has 2 unspecified atom stereocenters. The maximum absolute atomic E-state index is 5.80. The molecule has 0 fully saturated rings. The van der Waals surface area contributed by atoms with E-state index < -0.39 is 0 Å². The molecule has 0 aliphatic carbocycles. The Bertz CT molecular complexity index is 330. The smallest absolute Gasteiger partial charge is 0.177 e. The average Bonchev–Trinajstić information content (AvgIpc) is 2.75. The van der Waals surface area contributed by atoms with Gasteiger partial charge in [0.2, 0.25) is 0 Å². The van der Waals surface area contributed by atoms with Gasteiger partial charge in [-0.05, 0) is 5.41 Å². The van der Waals surface area contributed by atoms with Gasteiger partial charge in [-0.2, -0.15) is 5.10 Å². The molecule has 5 heteroatoms. The van der Waals surface area contributed by atoms with Gasteiger partial charge in [0.25, 0.3) is 0 Å². The molecule has 2 atom stereocenters. The maximum Gasteiger partial charge on any atom is 0.177 e. The summed E-state index contributed by atoms with van der Waals surface area (Å²) in [5.74, 6) is 0. The molecule has 0 aromatic carbocycles. The monoisotopic (exact) mass is 239 g/mol. The summed E-state index contributed by atoms with van der Waals surface area (Å²) < 4.78 is 12.9. The van der Waals surface area contributed by atoms with Crippen molar-refractivity contribution in [2.24, 2.45) is 5.41 Å². The third kappa shape index (κ3) is 3.64. The van der Waals surface area contributed by atoms with E-state index in [1.807, 2.05) is 0 Å². The summed E-state index contributed by atoms with van der Waals surface area (Å²) in [6, 6.07) is 0. The number of methoxy groups -OCH3 is 1. The van der Waals surface area contributed by atoms with E-state index >= 15 is 0 Å². The Morgan fingerprint density at radius 1 is 1.47 bits per heavy atom. The van der Waals surface area contributed by atoms with Gasteiger partial charge < -0.3 is 9.47 Å². The van der Waals surface area contributed by atoms with Crippen molar-refractivity contribution in [3.05, 3.63) is 25.3 Å². The lowest BCUT2D eigenvalue weighted by Gasteiger charge is -2.35. The highest BCUT2D eigenvalue weighted by atomic mass is 16.5. The fourth-order valence-electron chi connectivity index (χ4n) is 1.65. The first-order valence-corrected chi connectivity index (χ1v) is 5.60. The summed E-state index contributed by atoms with van der Waals surface area (Å²) in [6.07, 6.45) is 4.42. The van der Waals surface area contributed by atoms with Crippen LogP contribution in [-0.2, 0) is 9.47 Å². The molecule has 0 saturated heterocycles. The van der Waals surface area contributed by atoms with Crippen LogP contribution in [0.5, 0.6) is 0 Å². The van der Waals surface area contributed by atoms with E-state index in [1.54, 1.807) is 24.2 Å². The molecule has 0 saturated carbocycles. The van der Waals surface area contributed by atoms with Crippen LogP contribution >= 0.6 is 0 Å². The minimum atomic E-state index is -0.294. The standard InChI is InChI=1S/C12H21N3O2/c1-6-7-17-10(12(2,3)4)11(16-5)15-9-13-8-14-15/h6,8-11H,1,7H2,2-5H3. The molecule has 0 aliphatic heterocycles. The van der Waals surface area contributed by atoms with Crippen LogP contribution in [0.1, 0.15) is 27.0 Å². The molecule has 0 aliphatic rings. The molecule has 1 aromatic rings. The Kier molecular flexibility index (Phi) is 4.84. The molecule has 0 radical (unpaired) electrons. The van der Waals surface area contributed by atoms with E-state index in [-0.39, 0.29) is 17.7 Å². The highest BCUT2D eigenvalue weighted by Gasteiger charge is 2.34. The molecule has 0 N–H and O–H groups in total. The summed E-state index contributed by atoms with van der Waals surface area (Å²) in [4.78, 5) is 3.93. The van der Waals surface area contributed by atoms with E-state index in [0.29, 0.717) is 6.61 Å². The van der Waals surface area contributed by atoms with Crippen molar-refractivity contribution in [2.75, 3.05) is 13.7 Å². The SMILES string of the molecule is C=CCOC(C(OC)n1cncn1)C(C)(C)C. The molecule has 1 rings (SSSR count). The number of hydrogen-bond acceptors (Lipinski definition) is 4. The minimum absolute atomic E-state index is 0.0738. The lowest BCUT2D eigenvalue weighted by molar-refractivity contribution is -0.135. The van der Waals surface area contributed by atoms with E-state index in [1.165, 1.54) is 6.33 Å². The largest absolute Gasteiger partial charge is 0.369 e. The maximum atomic E-state index is 5.80. The number of hydrogen-bond donors (Lipinski definition) is 0. The Balaban J connectivity index is 2.90. The predicted octanol–water partition coefficient (Wildman–Crippen LogP) is 2.04. The van der Waals surface area contributed by atoms with Crippen LogP contribution in [0.2, 0.25) is 0 Å². The van der Waals surface area contributed by atoms with Gasteiger partial charge in [0.05, 0.1) is 6.61 Å². The molecule has 5 nitrogen and oxygen atoms in total. The molecular formula is C12H21N3O2. The molecule has 1 heterocycles. The zero-order valence-electron chi connectivity index (χ0n) is 11.0. The lowest BCUT2D eigenvalue weighted by Crippen LogP contribution is -2.39. The summed E-state index contributed by atoms with van der Waals surface area (Å²) in [5, 5.41) is 4.10. The summed E-state index contributed by atoms with van der Waals surface area (Å²) in [5.41, 5.74) is -0.0738. The van der Waals surface area contributed by atoms with Crippen molar-refractivity contribution < 1.29 is 9.47 Å². The van der Waals surface area contributed by atoms with Crippen molar-refractivity contribution in [2.45, 2.75) is 33.1 Å². The van der Waals surface area contributed by atoms with Crippen LogP contribution in [-0.4, -0.2) is 34.6 Å². The Labute approximate surface area is 102 Å². The molecular weight excluding hydrogens is 218 g/mol. The fourth-order valence-corrected chi connectivity index (χ4v) is 1.65. The second-order valence-corrected chi connectivity index (χ2v) is 4.91. The number of ether oxygens (including phenoxy) is 2.